The largest absolute Gasteiger partial charge is 0.494 e. The molecule has 0 saturated carbocycles. The van der Waals surface area contributed by atoms with Crippen LogP contribution in [0.4, 0.5) is 0 Å². The second kappa shape index (κ2) is 10.6. The molecule has 0 aliphatic carbocycles. The molecule has 0 fully saturated rings. The highest BCUT2D eigenvalue weighted by Gasteiger charge is 2.17. The molecule has 3 aromatic carbocycles. The fourth-order valence-corrected chi connectivity index (χ4v) is 3.85. The van der Waals surface area contributed by atoms with Crippen LogP contribution < -0.4 is 20.3 Å². The third kappa shape index (κ3) is 6.16. The van der Waals surface area contributed by atoms with Gasteiger partial charge in [-0.2, -0.15) is 0 Å². The summed E-state index contributed by atoms with van der Waals surface area (Å²) in [5.74, 6) is -0.536. The molecule has 8 nitrogen and oxygen atoms in total. The van der Waals surface area contributed by atoms with Gasteiger partial charge < -0.3 is 4.74 Å². The van der Waals surface area contributed by atoms with E-state index in [9.17, 15) is 18.0 Å². The highest BCUT2D eigenvalue weighted by Crippen LogP contribution is 2.13. The lowest BCUT2D eigenvalue weighted by Gasteiger charge is -2.10. The van der Waals surface area contributed by atoms with Crippen molar-refractivity contribution in [2.24, 2.45) is 0 Å². The lowest BCUT2D eigenvalue weighted by molar-refractivity contribution is 0.0846. The summed E-state index contributed by atoms with van der Waals surface area (Å²) in [6.45, 7) is 2.49. The predicted molar refractivity (Wildman–Crippen MR) is 119 cm³/mol. The lowest BCUT2D eigenvalue weighted by atomic mass is 10.2. The van der Waals surface area contributed by atoms with E-state index in [2.05, 4.69) is 15.6 Å². The quantitative estimate of drug-likeness (QED) is 0.454. The second-order valence-corrected chi connectivity index (χ2v) is 8.47. The van der Waals surface area contributed by atoms with E-state index in [4.69, 9.17) is 4.74 Å². The Kier molecular flexibility index (Phi) is 7.58. The Balaban J connectivity index is 1.61. The summed E-state index contributed by atoms with van der Waals surface area (Å²) in [6, 6.07) is 21.1. The first-order valence-corrected chi connectivity index (χ1v) is 11.3. The maximum absolute atomic E-state index is 12.6. The van der Waals surface area contributed by atoms with E-state index < -0.39 is 21.8 Å². The monoisotopic (exact) mass is 453 g/mol. The van der Waals surface area contributed by atoms with E-state index >= 15 is 0 Å². The van der Waals surface area contributed by atoms with Crippen LogP contribution in [0, 0.1) is 0 Å². The zero-order valence-corrected chi connectivity index (χ0v) is 18.2. The molecule has 0 aliphatic heterocycles. The van der Waals surface area contributed by atoms with Gasteiger partial charge in [-0.1, -0.05) is 36.4 Å². The molecule has 2 amide bonds. The Hall–Kier alpha value is -3.69. The van der Waals surface area contributed by atoms with Gasteiger partial charge in [0.15, 0.2) is 0 Å². The number of hydrogen-bond acceptors (Lipinski definition) is 5. The first kappa shape index (κ1) is 23.0. The summed E-state index contributed by atoms with van der Waals surface area (Å²) >= 11 is 0. The maximum Gasteiger partial charge on any atom is 0.269 e. The maximum atomic E-state index is 12.6. The predicted octanol–water partition coefficient (Wildman–Crippen LogP) is 2.64. The molecule has 0 unspecified atom stereocenters. The number of amides is 2. The van der Waals surface area contributed by atoms with Crippen molar-refractivity contribution in [2.45, 2.75) is 18.4 Å². The molecule has 3 aromatic rings. The van der Waals surface area contributed by atoms with Gasteiger partial charge in [0.05, 0.1) is 11.5 Å². The molecule has 0 saturated heterocycles. The fraction of sp³-hybridized carbons (Fsp3) is 0.130. The van der Waals surface area contributed by atoms with Gasteiger partial charge in [-0.3, -0.25) is 20.4 Å². The van der Waals surface area contributed by atoms with Gasteiger partial charge in [0, 0.05) is 17.7 Å². The summed E-state index contributed by atoms with van der Waals surface area (Å²) in [6.07, 6.45) is 0. The van der Waals surface area contributed by atoms with Gasteiger partial charge in [-0.25, -0.2) is 13.1 Å². The summed E-state index contributed by atoms with van der Waals surface area (Å²) in [7, 11) is -3.83. The fourth-order valence-electron chi connectivity index (χ4n) is 2.79. The molecule has 0 aromatic heterocycles. The zero-order valence-electron chi connectivity index (χ0n) is 17.4. The minimum absolute atomic E-state index is 0.0566. The van der Waals surface area contributed by atoms with Crippen LogP contribution in [0.25, 0.3) is 0 Å². The number of hydrazine groups is 1. The van der Waals surface area contributed by atoms with Crippen molar-refractivity contribution in [1.29, 1.82) is 0 Å². The summed E-state index contributed by atoms with van der Waals surface area (Å²) in [5.41, 5.74) is 5.82. The molecule has 0 atom stereocenters. The lowest BCUT2D eigenvalue weighted by Crippen LogP contribution is -2.41. The minimum atomic E-state index is -3.83. The van der Waals surface area contributed by atoms with Gasteiger partial charge in [-0.15, -0.1) is 0 Å². The van der Waals surface area contributed by atoms with E-state index in [0.717, 1.165) is 5.56 Å². The third-order valence-electron chi connectivity index (χ3n) is 4.43. The molecule has 3 N–H and O–H groups in total. The first-order valence-electron chi connectivity index (χ1n) is 9.86. The van der Waals surface area contributed by atoms with Gasteiger partial charge in [0.25, 0.3) is 11.8 Å². The molecule has 0 heterocycles. The number of benzene rings is 3. The Morgan fingerprint density at radius 3 is 2.12 bits per heavy atom. The van der Waals surface area contributed by atoms with Crippen molar-refractivity contribution in [3.8, 4) is 5.75 Å². The smallest absolute Gasteiger partial charge is 0.269 e. The third-order valence-corrected chi connectivity index (χ3v) is 5.83. The minimum Gasteiger partial charge on any atom is -0.494 e. The van der Waals surface area contributed by atoms with Crippen LogP contribution >= 0.6 is 0 Å². The molecule has 166 valence electrons. The van der Waals surface area contributed by atoms with Crippen molar-refractivity contribution >= 4 is 21.8 Å². The topological polar surface area (TPSA) is 114 Å². The average Bonchev–Trinajstić information content (AvgIpc) is 2.82. The first-order chi connectivity index (χ1) is 15.4. The number of rotatable bonds is 8. The van der Waals surface area contributed by atoms with E-state index in [1.54, 1.807) is 36.4 Å². The molecule has 32 heavy (non-hydrogen) atoms. The second-order valence-electron chi connectivity index (χ2n) is 6.70. The highest BCUT2D eigenvalue weighted by molar-refractivity contribution is 7.89. The van der Waals surface area contributed by atoms with E-state index in [-0.39, 0.29) is 17.0 Å². The van der Waals surface area contributed by atoms with Crippen molar-refractivity contribution < 1.29 is 22.7 Å². The molecule has 0 aliphatic rings. The van der Waals surface area contributed by atoms with Crippen molar-refractivity contribution in [3.63, 3.8) is 0 Å². The molecule has 0 radical (unpaired) electrons. The summed E-state index contributed by atoms with van der Waals surface area (Å²) < 4.78 is 33.0. The number of ether oxygens (including phenoxy) is 1. The van der Waals surface area contributed by atoms with Gasteiger partial charge in [-0.05, 0) is 55.0 Å². The number of carbonyl (C=O) groups excluding carboxylic acids is 2. The zero-order chi connectivity index (χ0) is 23.0. The normalized spacial score (nSPS) is 10.9. The van der Waals surface area contributed by atoms with E-state index in [1.807, 2.05) is 25.1 Å². The van der Waals surface area contributed by atoms with Gasteiger partial charge >= 0.3 is 0 Å². The Labute approximate surface area is 186 Å². The van der Waals surface area contributed by atoms with Crippen molar-refractivity contribution in [3.05, 3.63) is 95.6 Å². The van der Waals surface area contributed by atoms with Gasteiger partial charge in [0.2, 0.25) is 10.0 Å². The van der Waals surface area contributed by atoms with E-state index in [0.29, 0.717) is 17.9 Å². The highest BCUT2D eigenvalue weighted by atomic mass is 32.2. The average molecular weight is 454 g/mol. The Bertz CT molecular complexity index is 1180. The molecular formula is C23H23N3O5S. The van der Waals surface area contributed by atoms with Crippen molar-refractivity contribution in [2.75, 3.05) is 6.61 Å². The van der Waals surface area contributed by atoms with Crippen LogP contribution in [0.15, 0.2) is 83.8 Å². The standard InChI is InChI=1S/C23H23N3O5S/c1-2-31-20-13-11-18(12-14-20)22(27)25-26-23(28)19-9-6-10-21(15-19)32(29,30)24-16-17-7-4-3-5-8-17/h3-15,24H,2,16H2,1H3,(H,25,27)(H,26,28). The van der Waals surface area contributed by atoms with Crippen LogP contribution in [-0.4, -0.2) is 26.8 Å². The van der Waals surface area contributed by atoms with Gasteiger partial charge in [0.1, 0.15) is 5.75 Å². The van der Waals surface area contributed by atoms with Crippen LogP contribution in [-0.2, 0) is 16.6 Å². The van der Waals surface area contributed by atoms with Crippen LogP contribution in [0.5, 0.6) is 5.75 Å². The molecule has 0 bridgehead atoms. The Morgan fingerprint density at radius 1 is 0.812 bits per heavy atom. The molecular weight excluding hydrogens is 430 g/mol. The van der Waals surface area contributed by atoms with Crippen LogP contribution in [0.2, 0.25) is 0 Å². The summed E-state index contributed by atoms with van der Waals surface area (Å²) in [4.78, 5) is 24.6. The number of sulfonamides is 1. The van der Waals surface area contributed by atoms with Crippen LogP contribution in [0.3, 0.4) is 0 Å². The number of nitrogens with one attached hydrogen (secondary N) is 3. The molecule has 3 rings (SSSR count). The van der Waals surface area contributed by atoms with Crippen LogP contribution in [0.1, 0.15) is 33.2 Å². The summed E-state index contributed by atoms with van der Waals surface area (Å²) in [5, 5.41) is 0. The molecule has 0 spiro atoms. The Morgan fingerprint density at radius 2 is 1.47 bits per heavy atom. The van der Waals surface area contributed by atoms with E-state index in [1.165, 1.54) is 24.3 Å². The number of carbonyl (C=O) groups is 2. The molecule has 9 heteroatoms. The number of hydrogen-bond donors (Lipinski definition) is 3. The van der Waals surface area contributed by atoms with Crippen molar-refractivity contribution in [1.82, 2.24) is 15.6 Å². The SMILES string of the molecule is CCOc1ccc(C(=O)NNC(=O)c2cccc(S(=O)(=O)NCc3ccccc3)c2)cc1.